The monoisotopic (exact) mass is 968 g/mol. The molecule has 18 nitrogen and oxygen atoms in total. The van der Waals surface area contributed by atoms with Gasteiger partial charge in [-0.3, -0.25) is 0 Å². The summed E-state index contributed by atoms with van der Waals surface area (Å²) in [4.78, 5) is 35.3. The van der Waals surface area contributed by atoms with Crippen molar-refractivity contribution in [1.82, 2.24) is 45.2 Å². The lowest BCUT2D eigenvalue weighted by Crippen LogP contribution is -2.37. The molecule has 8 aromatic rings. The molecule has 67 heavy (non-hydrogen) atoms. The van der Waals surface area contributed by atoms with Gasteiger partial charge in [0.15, 0.2) is 0 Å². The van der Waals surface area contributed by atoms with E-state index in [-0.39, 0.29) is 11.2 Å². The lowest BCUT2D eigenvalue weighted by molar-refractivity contribution is 0.109. The van der Waals surface area contributed by atoms with Crippen LogP contribution in [0.25, 0.3) is 22.1 Å². The van der Waals surface area contributed by atoms with Gasteiger partial charge in [-0.25, -0.2) is 15.0 Å². The molecule has 0 bridgehead atoms. The molecule has 0 radical (unpaired) electrons. The lowest BCUT2D eigenvalue weighted by atomic mass is 10.3. The van der Waals surface area contributed by atoms with E-state index in [1.54, 1.807) is 62.8 Å². The highest BCUT2D eigenvalue weighted by Gasteiger charge is 2.18. The van der Waals surface area contributed by atoms with Crippen LogP contribution in [-0.2, 0) is 22.6 Å². The Balaban J connectivity index is 0.000000163. The summed E-state index contributed by atoms with van der Waals surface area (Å²) in [6.45, 7) is 7.40. The van der Waals surface area contributed by atoms with Crippen molar-refractivity contribution in [2.24, 2.45) is 0 Å². The number of imidazole rings is 2. The molecule has 21 heteroatoms. The van der Waals surface area contributed by atoms with Crippen LogP contribution in [0, 0.1) is 0 Å². The Labute approximate surface area is 400 Å². The van der Waals surface area contributed by atoms with Crippen LogP contribution in [0.1, 0.15) is 11.6 Å². The third-order valence-corrected chi connectivity index (χ3v) is 10.7. The van der Waals surface area contributed by atoms with Crippen LogP contribution in [0.4, 0.5) is 17.6 Å². The summed E-state index contributed by atoms with van der Waals surface area (Å²) in [6, 6.07) is 29.4. The first-order valence-electron chi connectivity index (χ1n) is 21.2. The van der Waals surface area contributed by atoms with E-state index in [2.05, 4.69) is 55.7 Å². The van der Waals surface area contributed by atoms with Gasteiger partial charge < -0.3 is 59.2 Å². The van der Waals surface area contributed by atoms with Crippen LogP contribution < -0.4 is 39.8 Å². The first-order valence-corrected chi connectivity index (χ1v) is 22.3. The minimum atomic E-state index is 0.0502. The molecule has 5 N–H and O–H groups in total. The Hall–Kier alpha value is -6.67. The van der Waals surface area contributed by atoms with E-state index in [1.165, 1.54) is 0 Å². The normalized spacial score (nSPS) is 13.5. The van der Waals surface area contributed by atoms with Crippen LogP contribution in [0.3, 0.4) is 0 Å². The molecule has 0 saturated carbocycles. The van der Waals surface area contributed by atoms with Crippen LogP contribution >= 0.6 is 34.8 Å². The van der Waals surface area contributed by atoms with Crippen molar-refractivity contribution in [3.8, 4) is 34.8 Å². The van der Waals surface area contributed by atoms with Gasteiger partial charge in [0.1, 0.15) is 46.3 Å². The predicted molar refractivity (Wildman–Crippen MR) is 259 cm³/mol. The Kier molecular flexibility index (Phi) is 16.2. The number of methoxy groups -OCH3 is 2. The van der Waals surface area contributed by atoms with E-state index >= 15 is 0 Å². The number of nitrogens with one attached hydrogen (secondary N) is 5. The van der Waals surface area contributed by atoms with Crippen molar-refractivity contribution in [2.75, 3.05) is 82.4 Å². The van der Waals surface area contributed by atoms with Crippen molar-refractivity contribution in [2.45, 2.75) is 13.1 Å². The van der Waals surface area contributed by atoms with Gasteiger partial charge in [0.05, 0.1) is 85.8 Å². The average molecular weight is 970 g/mol. The molecule has 0 aliphatic carbocycles. The molecule has 348 valence electrons. The number of nitrogens with zero attached hydrogens (tertiary/aromatic N) is 7. The maximum absolute atomic E-state index is 6.36. The molecule has 2 fully saturated rings. The zero-order valence-corrected chi connectivity index (χ0v) is 38.8. The van der Waals surface area contributed by atoms with E-state index in [9.17, 15) is 0 Å². The molecule has 6 heterocycles. The van der Waals surface area contributed by atoms with Crippen molar-refractivity contribution < 1.29 is 28.4 Å². The van der Waals surface area contributed by atoms with Gasteiger partial charge in [0, 0.05) is 50.4 Å². The molecule has 4 aromatic heterocycles. The van der Waals surface area contributed by atoms with E-state index < -0.39 is 0 Å². The standard InChI is InChI=1S/C23H23ClN6O3.C19H15Cl2N5O2.C4H9NO/c1-31-15-6-7-19(16(24)12-15)33-22-13-20(28-23(29-22)30-8-10-32-11-9-30)25-14-21-26-17-4-2-3-5-18(17)27-21;1-27-11-6-7-15(12(20)8-11)28-18-9-16(25-19(21)26-18)22-10-17-23-13-4-2-3-5-14(13)24-17;1-3-6-4-2-5-1/h2-7,12-13H,8-11,14H2,1H3,(H,26,27)(H,25,28,29);2-9H,10H2,1H3,(H,23,24)(H,22,25,26);5H,1-4H2. The topological polar surface area (TPSA) is 204 Å². The van der Waals surface area contributed by atoms with Crippen LogP contribution in [0.2, 0.25) is 15.3 Å². The third kappa shape index (κ3) is 13.2. The van der Waals surface area contributed by atoms with Crippen molar-refractivity contribution >= 4 is 74.5 Å². The second-order valence-electron chi connectivity index (χ2n) is 14.6. The maximum atomic E-state index is 6.36. The summed E-state index contributed by atoms with van der Waals surface area (Å²) in [5.74, 6) is 6.10. The molecule has 2 saturated heterocycles. The van der Waals surface area contributed by atoms with Gasteiger partial charge in [0.25, 0.3) is 0 Å². The maximum Gasteiger partial charge on any atom is 0.230 e. The van der Waals surface area contributed by atoms with Crippen molar-refractivity contribution in [1.29, 1.82) is 0 Å². The zero-order chi connectivity index (χ0) is 46.4. The number of benzene rings is 4. The Morgan fingerprint density at radius 1 is 0.582 bits per heavy atom. The second kappa shape index (κ2) is 23.2. The number of hydrogen-bond acceptors (Lipinski definition) is 16. The molecule has 4 aromatic carbocycles. The zero-order valence-electron chi connectivity index (χ0n) is 36.5. The third-order valence-electron chi connectivity index (χ3n) is 9.96. The average Bonchev–Trinajstić information content (AvgIpc) is 3.99. The highest BCUT2D eigenvalue weighted by atomic mass is 35.5. The summed E-state index contributed by atoms with van der Waals surface area (Å²) in [5.41, 5.74) is 3.78. The number of rotatable bonds is 13. The highest BCUT2D eigenvalue weighted by Crippen LogP contribution is 2.34. The fourth-order valence-electron chi connectivity index (χ4n) is 6.65. The summed E-state index contributed by atoms with van der Waals surface area (Å²) in [7, 11) is 3.15. The predicted octanol–water partition coefficient (Wildman–Crippen LogP) is 8.93. The van der Waals surface area contributed by atoms with Crippen LogP contribution in [0.15, 0.2) is 97.1 Å². The number of halogens is 3. The molecular weight excluding hydrogens is 923 g/mol. The molecule has 2 aliphatic heterocycles. The number of morpholine rings is 2. The number of aromatic nitrogens is 8. The number of para-hydroxylation sites is 4. The molecule has 10 rings (SSSR count). The highest BCUT2D eigenvalue weighted by molar-refractivity contribution is 6.32. The lowest BCUT2D eigenvalue weighted by Gasteiger charge is -2.27. The first kappa shape index (κ1) is 46.8. The SMILES string of the molecule is C1COCCN1.COc1ccc(Oc2cc(NCc3nc4ccccc4[nH]3)nc(Cl)n2)c(Cl)c1.COc1ccc(Oc2cc(NCc3nc4ccccc4[nH]3)nc(N3CCOCC3)n2)c(Cl)c1. The number of fused-ring (bicyclic) bond motifs is 2. The molecule has 0 atom stereocenters. The Morgan fingerprint density at radius 2 is 1.09 bits per heavy atom. The first-order chi connectivity index (χ1) is 32.8. The number of H-pyrrole nitrogens is 2. The van der Waals surface area contributed by atoms with Gasteiger partial charge in [-0.2, -0.15) is 15.0 Å². The number of anilines is 3. The Bertz CT molecular complexity index is 2800. The minimum absolute atomic E-state index is 0.0502. The summed E-state index contributed by atoms with van der Waals surface area (Å²) < 4.78 is 32.6. The molecule has 0 amide bonds. The van der Waals surface area contributed by atoms with Crippen LogP contribution in [0.5, 0.6) is 34.8 Å². The fraction of sp³-hybridized carbons (Fsp3) is 0.261. The smallest absolute Gasteiger partial charge is 0.230 e. The van der Waals surface area contributed by atoms with Gasteiger partial charge in [0.2, 0.25) is 23.0 Å². The fourth-order valence-corrected chi connectivity index (χ4v) is 7.24. The Morgan fingerprint density at radius 3 is 1.57 bits per heavy atom. The molecule has 0 spiro atoms. The molecular formula is C46H47Cl3N12O6. The summed E-state index contributed by atoms with van der Waals surface area (Å²) in [6.07, 6.45) is 0. The molecule has 2 aliphatic rings. The second-order valence-corrected chi connectivity index (χ2v) is 15.8. The van der Waals surface area contributed by atoms with Crippen molar-refractivity contribution in [3.05, 3.63) is 124 Å². The van der Waals surface area contributed by atoms with Gasteiger partial charge in [-0.15, -0.1) is 0 Å². The van der Waals surface area contributed by atoms with Gasteiger partial charge >= 0.3 is 0 Å². The van der Waals surface area contributed by atoms with E-state index in [0.717, 1.165) is 60.0 Å². The van der Waals surface area contributed by atoms with Gasteiger partial charge in [-0.1, -0.05) is 47.5 Å². The van der Waals surface area contributed by atoms with E-state index in [4.69, 9.17) is 68.2 Å². The summed E-state index contributed by atoms with van der Waals surface area (Å²) in [5, 5.41) is 10.5. The number of ether oxygens (including phenoxy) is 6. The largest absolute Gasteiger partial charge is 0.497 e. The number of aromatic amines is 2. The van der Waals surface area contributed by atoms with Crippen molar-refractivity contribution in [3.63, 3.8) is 0 Å². The quantitative estimate of drug-likeness (QED) is 0.0685. The van der Waals surface area contributed by atoms with Crippen LogP contribution in [-0.4, -0.2) is 107 Å². The molecule has 0 unspecified atom stereocenters. The summed E-state index contributed by atoms with van der Waals surface area (Å²) >= 11 is 18.6. The van der Waals surface area contributed by atoms with Gasteiger partial charge in [-0.05, 0) is 60.1 Å². The van der Waals surface area contributed by atoms with E-state index in [1.807, 2.05) is 48.5 Å². The number of hydrogen-bond donors (Lipinski definition) is 5. The minimum Gasteiger partial charge on any atom is -0.497 e. The van der Waals surface area contributed by atoms with E-state index in [0.29, 0.717) is 95.9 Å².